The average molecular weight is 443 g/mol. The zero-order valence-corrected chi connectivity index (χ0v) is 17.8. The molecular weight excluding hydrogens is 421 g/mol. The van der Waals surface area contributed by atoms with Gasteiger partial charge in [-0.25, -0.2) is 0 Å². The Hall–Kier alpha value is -1.66. The fourth-order valence-corrected chi connectivity index (χ4v) is 3.75. The smallest absolute Gasteiger partial charge is 0.238 e. The van der Waals surface area contributed by atoms with Crippen molar-refractivity contribution in [1.82, 2.24) is 4.90 Å². The molecule has 1 amide bonds. The molecule has 0 atom stereocenters. The summed E-state index contributed by atoms with van der Waals surface area (Å²) in [6, 6.07) is 11.1. The number of rotatable bonds is 6. The number of carbonyl (C=O) groups is 1. The molecule has 1 N–H and O–H groups in total. The van der Waals surface area contributed by atoms with E-state index >= 15 is 0 Å². The molecule has 0 radical (unpaired) electrons. The highest BCUT2D eigenvalue weighted by Crippen LogP contribution is 2.32. The van der Waals surface area contributed by atoms with Gasteiger partial charge in [0.05, 0.1) is 39.6 Å². The number of halogens is 3. The van der Waals surface area contributed by atoms with Gasteiger partial charge in [0.2, 0.25) is 5.91 Å². The Bertz CT molecular complexity index is 839. The van der Waals surface area contributed by atoms with Gasteiger partial charge in [0.25, 0.3) is 0 Å². The molecule has 0 aliphatic carbocycles. The van der Waals surface area contributed by atoms with Gasteiger partial charge in [0.1, 0.15) is 5.75 Å². The first-order chi connectivity index (χ1) is 13.5. The van der Waals surface area contributed by atoms with E-state index in [2.05, 4.69) is 21.2 Å². The largest absolute Gasteiger partial charge is 0.492 e. The maximum Gasteiger partial charge on any atom is 0.238 e. The number of carbonyl (C=O) groups excluding carboxylic acids is 1. The van der Waals surface area contributed by atoms with Gasteiger partial charge in [-0.2, -0.15) is 0 Å². The highest BCUT2D eigenvalue weighted by molar-refractivity contribution is 6.44. The Morgan fingerprint density at radius 2 is 1.71 bits per heavy atom. The predicted octanol–water partition coefficient (Wildman–Crippen LogP) is 4.81. The van der Waals surface area contributed by atoms with E-state index in [0.717, 1.165) is 37.6 Å². The second-order valence-corrected chi connectivity index (χ2v) is 7.68. The maximum absolute atomic E-state index is 12.4. The van der Waals surface area contributed by atoms with Gasteiger partial charge in [-0.3, -0.25) is 9.69 Å². The van der Waals surface area contributed by atoms with Crippen LogP contribution in [0, 0.1) is 0 Å². The Morgan fingerprint density at radius 3 is 2.43 bits per heavy atom. The van der Waals surface area contributed by atoms with Gasteiger partial charge in [-0.15, -0.1) is 0 Å². The number of para-hydroxylation sites is 2. The van der Waals surface area contributed by atoms with Crippen LogP contribution in [0.3, 0.4) is 0 Å². The van der Waals surface area contributed by atoms with Crippen LogP contribution in [-0.4, -0.2) is 50.1 Å². The highest BCUT2D eigenvalue weighted by atomic mass is 35.5. The molecule has 2 aromatic rings. The van der Waals surface area contributed by atoms with Crippen LogP contribution in [-0.2, 0) is 4.79 Å². The average Bonchev–Trinajstić information content (AvgIpc) is 2.67. The molecule has 0 aromatic heterocycles. The van der Waals surface area contributed by atoms with Crippen LogP contribution in [0.25, 0.3) is 0 Å². The zero-order valence-electron chi connectivity index (χ0n) is 15.6. The van der Waals surface area contributed by atoms with E-state index in [1.165, 1.54) is 6.07 Å². The van der Waals surface area contributed by atoms with Crippen LogP contribution in [0.5, 0.6) is 5.75 Å². The van der Waals surface area contributed by atoms with Gasteiger partial charge in [-0.05, 0) is 31.2 Å². The Kier molecular flexibility index (Phi) is 7.30. The molecule has 0 saturated carbocycles. The molecular formula is C20H22Cl3N3O2. The van der Waals surface area contributed by atoms with E-state index in [1.807, 2.05) is 25.1 Å². The quantitative estimate of drug-likeness (QED) is 0.652. The lowest BCUT2D eigenvalue weighted by atomic mass is 10.2. The molecule has 1 aliphatic rings. The van der Waals surface area contributed by atoms with Crippen molar-refractivity contribution in [2.24, 2.45) is 0 Å². The summed E-state index contributed by atoms with van der Waals surface area (Å²) in [5, 5.41) is 3.87. The first-order valence-corrected chi connectivity index (χ1v) is 10.2. The lowest BCUT2D eigenvalue weighted by Gasteiger charge is -2.36. The number of anilines is 2. The van der Waals surface area contributed by atoms with E-state index < -0.39 is 0 Å². The van der Waals surface area contributed by atoms with E-state index in [0.29, 0.717) is 27.4 Å². The third-order valence-corrected chi connectivity index (χ3v) is 5.56. The fraction of sp³-hybridized carbons (Fsp3) is 0.350. The number of piperazine rings is 1. The minimum atomic E-state index is -0.136. The normalized spacial score (nSPS) is 14.8. The molecule has 8 heteroatoms. The topological polar surface area (TPSA) is 44.8 Å². The fourth-order valence-electron chi connectivity index (χ4n) is 3.15. The van der Waals surface area contributed by atoms with Gasteiger partial charge in [0, 0.05) is 26.2 Å². The number of amides is 1. The first kappa shape index (κ1) is 21.1. The molecule has 0 unspecified atom stereocenters. The van der Waals surface area contributed by atoms with Gasteiger partial charge < -0.3 is 15.0 Å². The van der Waals surface area contributed by atoms with Crippen molar-refractivity contribution < 1.29 is 9.53 Å². The summed E-state index contributed by atoms with van der Waals surface area (Å²) in [5.74, 6) is 0.758. The standard InChI is InChI=1S/C20H22Cl3N3O2/c1-2-28-19-6-4-3-5-18(19)26-9-7-25(8-10-26)13-20(27)24-17-12-15(22)14(21)11-16(17)23/h3-6,11-12H,2,7-10,13H2,1H3,(H,24,27). The summed E-state index contributed by atoms with van der Waals surface area (Å²) in [5.41, 5.74) is 1.56. The van der Waals surface area contributed by atoms with Crippen molar-refractivity contribution in [1.29, 1.82) is 0 Å². The van der Waals surface area contributed by atoms with Crippen molar-refractivity contribution in [2.45, 2.75) is 6.92 Å². The van der Waals surface area contributed by atoms with Crippen LogP contribution in [0.1, 0.15) is 6.92 Å². The number of ether oxygens (including phenoxy) is 1. The molecule has 150 valence electrons. The first-order valence-electron chi connectivity index (χ1n) is 9.11. The van der Waals surface area contributed by atoms with E-state index in [-0.39, 0.29) is 12.5 Å². The lowest BCUT2D eigenvalue weighted by molar-refractivity contribution is -0.117. The summed E-state index contributed by atoms with van der Waals surface area (Å²) < 4.78 is 5.73. The van der Waals surface area contributed by atoms with Crippen LogP contribution < -0.4 is 15.0 Å². The molecule has 5 nitrogen and oxygen atoms in total. The van der Waals surface area contributed by atoms with Crippen molar-refractivity contribution in [3.05, 3.63) is 51.5 Å². The number of nitrogens with zero attached hydrogens (tertiary/aromatic N) is 2. The molecule has 2 aromatic carbocycles. The molecule has 0 spiro atoms. The maximum atomic E-state index is 12.4. The SMILES string of the molecule is CCOc1ccccc1N1CCN(CC(=O)Nc2cc(Cl)c(Cl)cc2Cl)CC1. The van der Waals surface area contributed by atoms with Crippen LogP contribution in [0.2, 0.25) is 15.1 Å². The molecule has 1 fully saturated rings. The van der Waals surface area contributed by atoms with Crippen molar-refractivity contribution in [3.8, 4) is 5.75 Å². The van der Waals surface area contributed by atoms with Gasteiger partial charge in [0.15, 0.2) is 0 Å². The summed E-state index contributed by atoms with van der Waals surface area (Å²) in [6.07, 6.45) is 0. The second kappa shape index (κ2) is 9.70. The predicted molar refractivity (Wildman–Crippen MR) is 116 cm³/mol. The molecule has 1 heterocycles. The van der Waals surface area contributed by atoms with Crippen molar-refractivity contribution >= 4 is 52.1 Å². The Morgan fingerprint density at radius 1 is 1.04 bits per heavy atom. The molecule has 1 saturated heterocycles. The summed E-state index contributed by atoms with van der Waals surface area (Å²) in [7, 11) is 0. The summed E-state index contributed by atoms with van der Waals surface area (Å²) >= 11 is 18.1. The van der Waals surface area contributed by atoms with E-state index in [4.69, 9.17) is 39.5 Å². The molecule has 28 heavy (non-hydrogen) atoms. The number of nitrogens with one attached hydrogen (secondary N) is 1. The molecule has 0 bridgehead atoms. The Labute approximate surface area is 180 Å². The number of hydrogen-bond donors (Lipinski definition) is 1. The van der Waals surface area contributed by atoms with Crippen LogP contribution in [0.4, 0.5) is 11.4 Å². The van der Waals surface area contributed by atoms with Crippen molar-refractivity contribution in [3.63, 3.8) is 0 Å². The highest BCUT2D eigenvalue weighted by Gasteiger charge is 2.21. The van der Waals surface area contributed by atoms with Crippen molar-refractivity contribution in [2.75, 3.05) is 49.5 Å². The minimum absolute atomic E-state index is 0.136. The monoisotopic (exact) mass is 441 g/mol. The molecule has 3 rings (SSSR count). The Balaban J connectivity index is 1.55. The van der Waals surface area contributed by atoms with E-state index in [9.17, 15) is 4.79 Å². The summed E-state index contributed by atoms with van der Waals surface area (Å²) in [4.78, 5) is 16.8. The summed E-state index contributed by atoms with van der Waals surface area (Å²) in [6.45, 7) is 6.11. The zero-order chi connectivity index (χ0) is 20.1. The third-order valence-electron chi connectivity index (χ3n) is 4.53. The van der Waals surface area contributed by atoms with Gasteiger partial charge in [-0.1, -0.05) is 46.9 Å². The molecule has 1 aliphatic heterocycles. The van der Waals surface area contributed by atoms with Crippen LogP contribution in [0.15, 0.2) is 36.4 Å². The number of benzene rings is 2. The second-order valence-electron chi connectivity index (χ2n) is 6.46. The third kappa shape index (κ3) is 5.23. The lowest BCUT2D eigenvalue weighted by Crippen LogP contribution is -2.48. The van der Waals surface area contributed by atoms with Gasteiger partial charge >= 0.3 is 0 Å². The van der Waals surface area contributed by atoms with Crippen LogP contribution >= 0.6 is 34.8 Å². The number of hydrogen-bond acceptors (Lipinski definition) is 4. The van der Waals surface area contributed by atoms with E-state index in [1.54, 1.807) is 6.07 Å². The minimum Gasteiger partial charge on any atom is -0.492 e.